The Bertz CT molecular complexity index is 877. The highest BCUT2D eigenvalue weighted by molar-refractivity contribution is 8.15. The Morgan fingerprint density at radius 1 is 1.19 bits per heavy atom. The molecule has 0 aromatic heterocycles. The number of aryl methyl sites for hydroxylation is 1. The molecule has 7 heteroatoms. The van der Waals surface area contributed by atoms with Gasteiger partial charge in [-0.2, -0.15) is 5.10 Å². The van der Waals surface area contributed by atoms with Crippen LogP contribution in [0.4, 0.5) is 4.39 Å². The number of hydrogen-bond acceptors (Lipinski definition) is 5. The molecule has 1 aliphatic rings. The second-order valence-electron chi connectivity index (χ2n) is 5.79. The number of ketones is 1. The van der Waals surface area contributed by atoms with E-state index >= 15 is 0 Å². The van der Waals surface area contributed by atoms with E-state index in [2.05, 4.69) is 15.5 Å². The monoisotopic (exact) mass is 369 g/mol. The Hall–Kier alpha value is -2.80. The fourth-order valence-electron chi connectivity index (χ4n) is 2.31. The van der Waals surface area contributed by atoms with Gasteiger partial charge in [-0.3, -0.25) is 9.59 Å². The summed E-state index contributed by atoms with van der Waals surface area (Å²) in [7, 11) is 0. The van der Waals surface area contributed by atoms with Crippen molar-refractivity contribution >= 4 is 34.8 Å². The molecule has 26 heavy (non-hydrogen) atoms. The summed E-state index contributed by atoms with van der Waals surface area (Å²) in [5, 5.41) is 10.3. The van der Waals surface area contributed by atoms with Crippen molar-refractivity contribution in [1.82, 2.24) is 5.32 Å². The zero-order chi connectivity index (χ0) is 18.5. The molecule has 132 valence electrons. The standard InChI is InChI=1S/C19H16FN3O2S/c1-12-2-6-14(7-3-12)16(24)10-17-18(25)22-19(26-17)23-21-11-13-4-8-15(20)9-5-13/h2-9,11,17H,10H2,1H3,(H,22,23,25)/b21-11+. The molecule has 1 amide bonds. The number of carbonyl (C=O) groups excluding carboxylic acids is 2. The van der Waals surface area contributed by atoms with Gasteiger partial charge in [-0.15, -0.1) is 5.10 Å². The lowest BCUT2D eigenvalue weighted by atomic mass is 10.0. The van der Waals surface area contributed by atoms with Gasteiger partial charge in [0.25, 0.3) is 0 Å². The maximum Gasteiger partial charge on any atom is 0.240 e. The Morgan fingerprint density at radius 3 is 2.58 bits per heavy atom. The first-order chi connectivity index (χ1) is 12.5. The average Bonchev–Trinajstić information content (AvgIpc) is 2.97. The van der Waals surface area contributed by atoms with Crippen molar-refractivity contribution in [2.45, 2.75) is 18.6 Å². The Balaban J connectivity index is 1.60. The normalized spacial score (nSPS) is 18.5. The Kier molecular flexibility index (Phi) is 5.58. The second kappa shape index (κ2) is 8.05. The van der Waals surface area contributed by atoms with Gasteiger partial charge < -0.3 is 5.32 Å². The molecule has 1 N–H and O–H groups in total. The SMILES string of the molecule is Cc1ccc(C(=O)CC2S/C(=N/N=C/c3ccc(F)cc3)NC2=O)cc1. The lowest BCUT2D eigenvalue weighted by molar-refractivity contribution is -0.118. The van der Waals surface area contributed by atoms with Crippen molar-refractivity contribution in [3.8, 4) is 0 Å². The summed E-state index contributed by atoms with van der Waals surface area (Å²) in [6, 6.07) is 13.1. The first-order valence-electron chi connectivity index (χ1n) is 7.95. The van der Waals surface area contributed by atoms with Crippen LogP contribution in [0.15, 0.2) is 58.7 Å². The Morgan fingerprint density at radius 2 is 1.88 bits per heavy atom. The number of rotatable bonds is 5. The number of amides is 1. The van der Waals surface area contributed by atoms with Gasteiger partial charge in [-0.25, -0.2) is 4.39 Å². The minimum absolute atomic E-state index is 0.0892. The lowest BCUT2D eigenvalue weighted by Crippen LogP contribution is -2.26. The molecule has 0 spiro atoms. The minimum Gasteiger partial charge on any atom is -0.303 e. The summed E-state index contributed by atoms with van der Waals surface area (Å²) < 4.78 is 12.8. The van der Waals surface area contributed by atoms with Crippen LogP contribution in [0.1, 0.15) is 27.9 Å². The van der Waals surface area contributed by atoms with Crippen molar-refractivity contribution in [1.29, 1.82) is 0 Å². The van der Waals surface area contributed by atoms with Crippen LogP contribution in [0.3, 0.4) is 0 Å². The highest BCUT2D eigenvalue weighted by Gasteiger charge is 2.32. The zero-order valence-electron chi connectivity index (χ0n) is 14.0. The third-order valence-corrected chi connectivity index (χ3v) is 4.82. The van der Waals surface area contributed by atoms with Crippen molar-refractivity contribution in [3.05, 3.63) is 71.0 Å². The fraction of sp³-hybridized carbons (Fsp3) is 0.158. The molecule has 1 aliphatic heterocycles. The van der Waals surface area contributed by atoms with Crippen LogP contribution in [0.25, 0.3) is 0 Å². The predicted molar refractivity (Wildman–Crippen MR) is 101 cm³/mol. The molecule has 1 fully saturated rings. The van der Waals surface area contributed by atoms with Gasteiger partial charge >= 0.3 is 0 Å². The molecule has 2 aromatic carbocycles. The van der Waals surface area contributed by atoms with Crippen molar-refractivity contribution in [3.63, 3.8) is 0 Å². The molecule has 1 saturated heterocycles. The first kappa shape index (κ1) is 18.0. The Labute approximate surface area is 154 Å². The van der Waals surface area contributed by atoms with Crippen LogP contribution in [-0.4, -0.2) is 28.3 Å². The van der Waals surface area contributed by atoms with Gasteiger partial charge in [0.15, 0.2) is 11.0 Å². The summed E-state index contributed by atoms with van der Waals surface area (Å²) in [6.45, 7) is 1.95. The summed E-state index contributed by atoms with van der Waals surface area (Å²) in [6.07, 6.45) is 1.56. The molecular formula is C19H16FN3O2S. The fourth-order valence-corrected chi connectivity index (χ4v) is 3.23. The molecule has 0 bridgehead atoms. The highest BCUT2D eigenvalue weighted by Crippen LogP contribution is 2.24. The molecule has 0 aliphatic carbocycles. The number of carbonyl (C=O) groups is 2. The van der Waals surface area contributed by atoms with Crippen molar-refractivity contribution in [2.24, 2.45) is 10.2 Å². The van der Waals surface area contributed by atoms with Gasteiger partial charge in [0.05, 0.1) is 11.5 Å². The van der Waals surface area contributed by atoms with Gasteiger partial charge in [0.1, 0.15) is 5.82 Å². The van der Waals surface area contributed by atoms with Crippen LogP contribution < -0.4 is 5.32 Å². The molecule has 1 heterocycles. The van der Waals surface area contributed by atoms with Crippen molar-refractivity contribution in [2.75, 3.05) is 0 Å². The minimum atomic E-state index is -0.524. The van der Waals surface area contributed by atoms with Crippen LogP contribution in [0.5, 0.6) is 0 Å². The van der Waals surface area contributed by atoms with Crippen LogP contribution in [0.2, 0.25) is 0 Å². The van der Waals surface area contributed by atoms with E-state index in [1.54, 1.807) is 24.3 Å². The molecule has 1 atom stereocenters. The number of benzene rings is 2. The third-order valence-electron chi connectivity index (χ3n) is 3.75. The number of halogens is 1. The molecule has 2 aromatic rings. The number of nitrogens with one attached hydrogen (secondary N) is 1. The molecule has 1 unspecified atom stereocenters. The first-order valence-corrected chi connectivity index (χ1v) is 8.83. The van der Waals surface area contributed by atoms with Gasteiger partial charge in [-0.05, 0) is 24.6 Å². The topological polar surface area (TPSA) is 70.9 Å². The van der Waals surface area contributed by atoms with Crippen LogP contribution in [-0.2, 0) is 4.79 Å². The smallest absolute Gasteiger partial charge is 0.240 e. The van der Waals surface area contributed by atoms with Crippen molar-refractivity contribution < 1.29 is 14.0 Å². The molecular weight excluding hydrogens is 353 g/mol. The quantitative estimate of drug-likeness (QED) is 0.499. The number of Topliss-reactive ketones (excluding diaryl/α,β-unsaturated/α-hetero) is 1. The van der Waals surface area contributed by atoms with E-state index < -0.39 is 5.25 Å². The lowest BCUT2D eigenvalue weighted by Gasteiger charge is -2.04. The second-order valence-corrected chi connectivity index (χ2v) is 6.98. The predicted octanol–water partition coefficient (Wildman–Crippen LogP) is 3.33. The van der Waals surface area contributed by atoms with E-state index in [0.717, 1.165) is 5.56 Å². The maximum atomic E-state index is 12.8. The molecule has 0 saturated carbocycles. The maximum absolute atomic E-state index is 12.8. The van der Waals surface area contributed by atoms with Gasteiger partial charge in [-0.1, -0.05) is 53.7 Å². The largest absolute Gasteiger partial charge is 0.303 e. The summed E-state index contributed by atoms with van der Waals surface area (Å²) >= 11 is 1.18. The van der Waals surface area contributed by atoms with E-state index in [9.17, 15) is 14.0 Å². The van der Waals surface area contributed by atoms with Gasteiger partial charge in [0.2, 0.25) is 5.91 Å². The van der Waals surface area contributed by atoms with Gasteiger partial charge in [0, 0.05) is 12.0 Å². The summed E-state index contributed by atoms with van der Waals surface area (Å²) in [5.41, 5.74) is 2.35. The average molecular weight is 369 g/mol. The van der Waals surface area contributed by atoms with E-state index in [4.69, 9.17) is 0 Å². The molecule has 3 rings (SSSR count). The third kappa shape index (κ3) is 4.64. The van der Waals surface area contributed by atoms with E-state index in [1.165, 1.54) is 30.1 Å². The molecule has 0 radical (unpaired) electrons. The van der Waals surface area contributed by atoms with Crippen LogP contribution in [0, 0.1) is 12.7 Å². The van der Waals surface area contributed by atoms with E-state index in [1.807, 2.05) is 19.1 Å². The van der Waals surface area contributed by atoms with E-state index in [0.29, 0.717) is 16.3 Å². The number of hydrogen-bond donors (Lipinski definition) is 1. The highest BCUT2D eigenvalue weighted by atomic mass is 32.2. The number of thioether (sulfide) groups is 1. The zero-order valence-corrected chi connectivity index (χ0v) is 14.8. The summed E-state index contributed by atoms with van der Waals surface area (Å²) in [4.78, 5) is 24.3. The number of amidine groups is 1. The summed E-state index contributed by atoms with van der Waals surface area (Å²) in [5.74, 6) is -0.673. The number of nitrogens with zero attached hydrogens (tertiary/aromatic N) is 2. The van der Waals surface area contributed by atoms with E-state index in [-0.39, 0.29) is 23.9 Å². The molecule has 5 nitrogen and oxygen atoms in total. The van der Waals surface area contributed by atoms with Crippen LogP contribution >= 0.6 is 11.8 Å².